The summed E-state index contributed by atoms with van der Waals surface area (Å²) < 4.78 is 21.9. The summed E-state index contributed by atoms with van der Waals surface area (Å²) in [5, 5.41) is 0. The van der Waals surface area contributed by atoms with Crippen LogP contribution in [0, 0.1) is 5.82 Å². The van der Waals surface area contributed by atoms with Gasteiger partial charge in [0.05, 0.1) is 24.0 Å². The van der Waals surface area contributed by atoms with Gasteiger partial charge in [-0.05, 0) is 35.9 Å². The molecule has 0 bridgehead atoms. The highest BCUT2D eigenvalue weighted by atomic mass is 19.1. The molecule has 3 aromatic heterocycles. The van der Waals surface area contributed by atoms with Gasteiger partial charge in [-0.2, -0.15) is 0 Å². The highest BCUT2D eigenvalue weighted by Gasteiger charge is 2.13. The summed E-state index contributed by atoms with van der Waals surface area (Å²) in [6.07, 6.45) is 5.30. The Morgan fingerprint density at radius 1 is 1.07 bits per heavy atom. The van der Waals surface area contributed by atoms with E-state index in [1.165, 1.54) is 16.7 Å². The smallest absolute Gasteiger partial charge is 0.408 e. The second-order valence-corrected chi connectivity index (χ2v) is 6.20. The molecule has 0 saturated heterocycles. The quantitative estimate of drug-likeness (QED) is 0.494. The zero-order valence-corrected chi connectivity index (χ0v) is 14.0. The van der Waals surface area contributed by atoms with Gasteiger partial charge in [0.15, 0.2) is 5.58 Å². The summed E-state index contributed by atoms with van der Waals surface area (Å²) >= 11 is 0. The van der Waals surface area contributed by atoms with Gasteiger partial charge in [-0.3, -0.25) is 8.97 Å². The number of benzene rings is 2. The first kappa shape index (κ1) is 15.5. The third-order valence-corrected chi connectivity index (χ3v) is 4.51. The molecule has 0 aliphatic rings. The summed E-state index contributed by atoms with van der Waals surface area (Å²) in [4.78, 5) is 20.8. The highest BCUT2D eigenvalue weighted by molar-refractivity contribution is 5.80. The molecule has 0 fully saturated rings. The molecule has 6 nitrogen and oxygen atoms in total. The van der Waals surface area contributed by atoms with E-state index in [1.54, 1.807) is 24.5 Å². The lowest BCUT2D eigenvalue weighted by Crippen LogP contribution is -2.14. The number of hydrogen-bond donors (Lipinski definition) is 0. The van der Waals surface area contributed by atoms with Crippen molar-refractivity contribution in [3.8, 4) is 11.3 Å². The maximum Gasteiger partial charge on any atom is 0.420 e. The van der Waals surface area contributed by atoms with Crippen molar-refractivity contribution in [2.24, 2.45) is 0 Å². The Labute approximate surface area is 152 Å². The number of halogens is 1. The van der Waals surface area contributed by atoms with Crippen LogP contribution in [0.2, 0.25) is 0 Å². The fourth-order valence-electron chi connectivity index (χ4n) is 3.19. The number of hydrogen-bond acceptors (Lipinski definition) is 4. The second kappa shape index (κ2) is 5.91. The molecule has 0 radical (unpaired) electrons. The molecule has 0 unspecified atom stereocenters. The van der Waals surface area contributed by atoms with Gasteiger partial charge in [-0.25, -0.2) is 19.2 Å². The Morgan fingerprint density at radius 3 is 2.78 bits per heavy atom. The summed E-state index contributed by atoms with van der Waals surface area (Å²) in [7, 11) is 0. The van der Waals surface area contributed by atoms with Gasteiger partial charge in [-0.1, -0.05) is 18.2 Å². The van der Waals surface area contributed by atoms with Crippen LogP contribution in [0.3, 0.4) is 0 Å². The molecular formula is C20H13FN4O2. The highest BCUT2D eigenvalue weighted by Crippen LogP contribution is 2.25. The van der Waals surface area contributed by atoms with Crippen LogP contribution in [0.4, 0.5) is 4.39 Å². The topological polar surface area (TPSA) is 65.3 Å². The number of aromatic nitrogens is 4. The van der Waals surface area contributed by atoms with Crippen LogP contribution in [-0.2, 0) is 6.54 Å². The summed E-state index contributed by atoms with van der Waals surface area (Å²) in [6.45, 7) is 0.311. The van der Waals surface area contributed by atoms with E-state index in [0.29, 0.717) is 23.4 Å². The maximum atomic E-state index is 13.1. The zero-order valence-electron chi connectivity index (χ0n) is 14.0. The van der Waals surface area contributed by atoms with Crippen molar-refractivity contribution < 1.29 is 8.81 Å². The number of imidazole rings is 1. The Hall–Kier alpha value is -3.74. The zero-order chi connectivity index (χ0) is 18.4. The molecule has 0 saturated carbocycles. The van der Waals surface area contributed by atoms with Gasteiger partial charge < -0.3 is 4.42 Å². The number of fused-ring (bicyclic) bond motifs is 2. The van der Waals surface area contributed by atoms with Crippen LogP contribution in [0.25, 0.3) is 28.1 Å². The molecule has 0 atom stereocenters. The first-order valence-corrected chi connectivity index (χ1v) is 8.35. The lowest BCUT2D eigenvalue weighted by atomic mass is 10.1. The third-order valence-electron chi connectivity index (χ3n) is 4.51. The lowest BCUT2D eigenvalue weighted by Gasteiger charge is -2.04. The molecule has 2 aromatic carbocycles. The molecule has 0 aliphatic carbocycles. The average molecular weight is 360 g/mol. The van der Waals surface area contributed by atoms with E-state index in [-0.39, 0.29) is 5.82 Å². The minimum absolute atomic E-state index is 0.310. The van der Waals surface area contributed by atoms with Crippen molar-refractivity contribution in [2.75, 3.05) is 0 Å². The molecule has 132 valence electrons. The molecule has 0 aliphatic heterocycles. The first-order chi connectivity index (χ1) is 13.2. The molecule has 5 rings (SSSR count). The SMILES string of the molecule is O=c1oc2cc(-c3cnc4ncccn34)ccc2n1Cc1ccc(F)cc1. The number of rotatable bonds is 3. The van der Waals surface area contributed by atoms with Crippen LogP contribution in [-0.4, -0.2) is 18.9 Å². The predicted molar refractivity (Wildman–Crippen MR) is 98.0 cm³/mol. The molecule has 0 spiro atoms. The minimum Gasteiger partial charge on any atom is -0.408 e. The molecule has 27 heavy (non-hydrogen) atoms. The van der Waals surface area contributed by atoms with Crippen LogP contribution in [0.5, 0.6) is 0 Å². The summed E-state index contributed by atoms with van der Waals surface area (Å²) in [5.74, 6) is -0.162. The van der Waals surface area contributed by atoms with Crippen LogP contribution >= 0.6 is 0 Å². The van der Waals surface area contributed by atoms with Crippen molar-refractivity contribution in [3.05, 3.63) is 89.1 Å². The molecule has 3 heterocycles. The van der Waals surface area contributed by atoms with Crippen LogP contribution < -0.4 is 5.76 Å². The van der Waals surface area contributed by atoms with E-state index in [4.69, 9.17) is 4.42 Å². The van der Waals surface area contributed by atoms with Crippen LogP contribution in [0.1, 0.15) is 5.56 Å². The van der Waals surface area contributed by atoms with Crippen molar-refractivity contribution in [1.82, 2.24) is 18.9 Å². The van der Waals surface area contributed by atoms with E-state index in [9.17, 15) is 9.18 Å². The van der Waals surface area contributed by atoms with E-state index in [2.05, 4.69) is 9.97 Å². The van der Waals surface area contributed by atoms with Gasteiger partial charge in [0, 0.05) is 18.0 Å². The number of nitrogens with zero attached hydrogens (tertiary/aromatic N) is 4. The molecule has 0 amide bonds. The van der Waals surface area contributed by atoms with Crippen molar-refractivity contribution in [3.63, 3.8) is 0 Å². The lowest BCUT2D eigenvalue weighted by molar-refractivity contribution is 0.517. The van der Waals surface area contributed by atoms with Gasteiger partial charge >= 0.3 is 5.76 Å². The number of oxazole rings is 1. The molecule has 0 N–H and O–H groups in total. The second-order valence-electron chi connectivity index (χ2n) is 6.20. The van der Waals surface area contributed by atoms with E-state index >= 15 is 0 Å². The van der Waals surface area contributed by atoms with Gasteiger partial charge in [-0.15, -0.1) is 0 Å². The molecule has 5 aromatic rings. The van der Waals surface area contributed by atoms with Crippen molar-refractivity contribution in [1.29, 1.82) is 0 Å². The fraction of sp³-hybridized carbons (Fsp3) is 0.0500. The van der Waals surface area contributed by atoms with E-state index in [0.717, 1.165) is 16.8 Å². The van der Waals surface area contributed by atoms with Gasteiger partial charge in [0.2, 0.25) is 5.78 Å². The maximum absolute atomic E-state index is 13.1. The van der Waals surface area contributed by atoms with E-state index < -0.39 is 5.76 Å². The van der Waals surface area contributed by atoms with Gasteiger partial charge in [0.25, 0.3) is 0 Å². The Kier molecular flexibility index (Phi) is 3.39. The largest absolute Gasteiger partial charge is 0.420 e. The normalized spacial score (nSPS) is 11.4. The standard InChI is InChI=1S/C20H13FN4O2/c21-15-5-2-13(3-6-15)12-25-16-7-4-14(10-18(16)27-20(25)26)17-11-23-19-22-8-1-9-24(17)19/h1-11H,12H2. The Bertz CT molecular complexity index is 1330. The Balaban J connectivity index is 1.59. The van der Waals surface area contributed by atoms with Crippen LogP contribution in [0.15, 0.2) is 76.3 Å². The summed E-state index contributed by atoms with van der Waals surface area (Å²) in [6, 6.07) is 13.5. The van der Waals surface area contributed by atoms with E-state index in [1.807, 2.05) is 34.9 Å². The van der Waals surface area contributed by atoms with Gasteiger partial charge in [0.1, 0.15) is 5.82 Å². The molecule has 7 heteroatoms. The Morgan fingerprint density at radius 2 is 1.93 bits per heavy atom. The minimum atomic E-state index is -0.453. The third kappa shape index (κ3) is 2.60. The molecular weight excluding hydrogens is 347 g/mol. The van der Waals surface area contributed by atoms with Crippen molar-refractivity contribution >= 4 is 16.9 Å². The predicted octanol–water partition coefficient (Wildman–Crippen LogP) is 3.49. The fourth-order valence-corrected chi connectivity index (χ4v) is 3.19. The first-order valence-electron chi connectivity index (χ1n) is 8.35. The van der Waals surface area contributed by atoms with Crippen molar-refractivity contribution in [2.45, 2.75) is 6.54 Å². The average Bonchev–Trinajstić information content (AvgIpc) is 3.24. The monoisotopic (exact) mass is 360 g/mol. The summed E-state index contributed by atoms with van der Waals surface area (Å²) in [5.41, 5.74) is 3.70.